The van der Waals surface area contributed by atoms with Crippen molar-refractivity contribution in [3.8, 4) is 0 Å². The van der Waals surface area contributed by atoms with Crippen molar-refractivity contribution in [3.05, 3.63) is 70.5 Å². The fourth-order valence-electron chi connectivity index (χ4n) is 4.09. The van der Waals surface area contributed by atoms with Crippen molar-refractivity contribution < 1.29 is 26.4 Å². The predicted octanol–water partition coefficient (Wildman–Crippen LogP) is 2.76. The van der Waals surface area contributed by atoms with Crippen LogP contribution in [0.4, 0.5) is 4.79 Å². The lowest BCUT2D eigenvalue weighted by Crippen LogP contribution is -2.38. The number of ether oxygens (including phenoxy) is 1. The van der Waals surface area contributed by atoms with Gasteiger partial charge in [-0.05, 0) is 37.1 Å². The summed E-state index contributed by atoms with van der Waals surface area (Å²) in [6, 6.07) is 13.6. The van der Waals surface area contributed by atoms with Gasteiger partial charge in [-0.2, -0.15) is 0 Å². The fourth-order valence-corrected chi connectivity index (χ4v) is 8.27. The summed E-state index contributed by atoms with van der Waals surface area (Å²) >= 11 is 0. The van der Waals surface area contributed by atoms with Gasteiger partial charge in [0.1, 0.15) is 0 Å². The van der Waals surface area contributed by atoms with E-state index in [-0.39, 0.29) is 19.6 Å². The molecule has 2 aromatic carbocycles. The van der Waals surface area contributed by atoms with Crippen LogP contribution in [-0.2, 0) is 24.4 Å². The zero-order chi connectivity index (χ0) is 20.8. The molecule has 2 bridgehead atoms. The van der Waals surface area contributed by atoms with Crippen molar-refractivity contribution in [3.63, 3.8) is 0 Å². The summed E-state index contributed by atoms with van der Waals surface area (Å²) in [5, 5.41) is 0. The molecule has 4 rings (SSSR count). The van der Waals surface area contributed by atoms with Crippen molar-refractivity contribution in [2.24, 2.45) is 0 Å². The van der Waals surface area contributed by atoms with E-state index in [2.05, 4.69) is 0 Å². The lowest BCUT2D eigenvalue weighted by Gasteiger charge is -2.22. The highest BCUT2D eigenvalue weighted by molar-refractivity contribution is 7.99. The van der Waals surface area contributed by atoms with Crippen LogP contribution in [0.25, 0.3) is 0 Å². The van der Waals surface area contributed by atoms with Crippen LogP contribution >= 0.6 is 0 Å². The number of fused-ring (bicyclic) bond motifs is 2. The van der Waals surface area contributed by atoms with Gasteiger partial charge in [0.15, 0.2) is 0 Å². The number of benzene rings is 2. The van der Waals surface area contributed by atoms with Gasteiger partial charge >= 0.3 is 6.09 Å². The summed E-state index contributed by atoms with van der Waals surface area (Å²) in [6.45, 7) is 0. The second-order valence-electron chi connectivity index (χ2n) is 6.85. The van der Waals surface area contributed by atoms with Gasteiger partial charge in [-0.1, -0.05) is 36.4 Å². The molecule has 152 valence electrons. The van der Waals surface area contributed by atoms with Gasteiger partial charge in [0.05, 0.1) is 38.8 Å². The molecular formula is C20H19NO6S2. The molecule has 0 aliphatic carbocycles. The summed E-state index contributed by atoms with van der Waals surface area (Å²) < 4.78 is 58.7. The SMILES string of the molecule is COC(=O)N1[C@@H]2CC[C@H]1C(S(=O)(=O)c1ccccc1)=C2S(=O)(=O)c1ccccc1. The Morgan fingerprint density at radius 3 is 1.52 bits per heavy atom. The summed E-state index contributed by atoms with van der Waals surface area (Å²) in [4.78, 5) is 13.2. The van der Waals surface area contributed by atoms with Crippen LogP contribution in [-0.4, -0.2) is 47.0 Å². The molecule has 1 fully saturated rings. The molecular weight excluding hydrogens is 414 g/mol. The highest BCUT2D eigenvalue weighted by atomic mass is 32.2. The van der Waals surface area contributed by atoms with Gasteiger partial charge in [-0.25, -0.2) is 21.6 Å². The zero-order valence-electron chi connectivity index (χ0n) is 15.6. The monoisotopic (exact) mass is 433 g/mol. The highest BCUT2D eigenvalue weighted by Gasteiger charge is 2.56. The van der Waals surface area contributed by atoms with Crippen molar-refractivity contribution in [2.45, 2.75) is 34.7 Å². The zero-order valence-corrected chi connectivity index (χ0v) is 17.2. The van der Waals surface area contributed by atoms with E-state index in [0.717, 1.165) is 0 Å². The van der Waals surface area contributed by atoms with E-state index in [9.17, 15) is 21.6 Å². The number of hydrogen-bond donors (Lipinski definition) is 0. The Morgan fingerprint density at radius 2 is 1.17 bits per heavy atom. The van der Waals surface area contributed by atoms with Gasteiger partial charge in [-0.3, -0.25) is 4.90 Å². The van der Waals surface area contributed by atoms with E-state index < -0.39 is 37.9 Å². The first-order valence-corrected chi connectivity index (χ1v) is 12.0. The van der Waals surface area contributed by atoms with E-state index in [0.29, 0.717) is 12.8 Å². The second kappa shape index (κ2) is 7.00. The van der Waals surface area contributed by atoms with E-state index in [1.165, 1.54) is 36.3 Å². The number of methoxy groups -OCH3 is 1. The fraction of sp³-hybridized carbons (Fsp3) is 0.250. The van der Waals surface area contributed by atoms with Gasteiger partial charge in [-0.15, -0.1) is 0 Å². The molecule has 0 spiro atoms. The quantitative estimate of drug-likeness (QED) is 0.735. The Labute approximate surface area is 169 Å². The van der Waals surface area contributed by atoms with Crippen molar-refractivity contribution >= 4 is 25.8 Å². The minimum absolute atomic E-state index is 0.00636. The van der Waals surface area contributed by atoms with E-state index in [4.69, 9.17) is 4.74 Å². The van der Waals surface area contributed by atoms with Crippen LogP contribution in [0.3, 0.4) is 0 Å². The maximum Gasteiger partial charge on any atom is 0.410 e. The van der Waals surface area contributed by atoms with E-state index >= 15 is 0 Å². The lowest BCUT2D eigenvalue weighted by molar-refractivity contribution is 0.120. The molecule has 0 radical (unpaired) electrons. The standard InChI is InChI=1S/C20H19NO6S2/c1-27-20(22)21-16-12-13-17(21)19(29(25,26)15-10-6-3-7-11-15)18(16)28(23,24)14-8-4-2-5-9-14/h2-11,16-17H,12-13H2,1H3/t16-,17+. The van der Waals surface area contributed by atoms with Gasteiger partial charge in [0.25, 0.3) is 0 Å². The first kappa shape index (κ1) is 19.7. The number of sulfone groups is 2. The molecule has 2 atom stereocenters. The Hall–Kier alpha value is -2.65. The minimum atomic E-state index is -4.13. The summed E-state index contributed by atoms with van der Waals surface area (Å²) in [5.41, 5.74) is 0. The number of carbonyl (C=O) groups is 1. The summed E-state index contributed by atoms with van der Waals surface area (Å²) in [5.74, 6) is 0. The molecule has 9 heteroatoms. The van der Waals surface area contributed by atoms with Crippen LogP contribution in [0.15, 0.2) is 80.3 Å². The molecule has 0 unspecified atom stereocenters. The molecule has 0 N–H and O–H groups in total. The van der Waals surface area contributed by atoms with Gasteiger partial charge < -0.3 is 4.74 Å². The highest BCUT2D eigenvalue weighted by Crippen LogP contribution is 2.49. The number of nitrogens with zero attached hydrogens (tertiary/aromatic N) is 1. The predicted molar refractivity (Wildman–Crippen MR) is 105 cm³/mol. The lowest BCUT2D eigenvalue weighted by atomic mass is 10.1. The van der Waals surface area contributed by atoms with Crippen LogP contribution < -0.4 is 0 Å². The molecule has 1 amide bonds. The first-order valence-electron chi connectivity index (χ1n) is 9.00. The number of hydrogen-bond acceptors (Lipinski definition) is 6. The summed E-state index contributed by atoms with van der Waals surface area (Å²) in [6.07, 6.45) is -0.0271. The van der Waals surface area contributed by atoms with Crippen molar-refractivity contribution in [1.82, 2.24) is 4.90 Å². The average molecular weight is 434 g/mol. The number of rotatable bonds is 4. The maximum atomic E-state index is 13.5. The van der Waals surface area contributed by atoms with Crippen LogP contribution in [0.1, 0.15) is 12.8 Å². The van der Waals surface area contributed by atoms with Gasteiger partial charge in [0.2, 0.25) is 19.7 Å². The second-order valence-corrected chi connectivity index (χ2v) is 10.7. The van der Waals surface area contributed by atoms with Crippen LogP contribution in [0.5, 0.6) is 0 Å². The minimum Gasteiger partial charge on any atom is -0.453 e. The van der Waals surface area contributed by atoms with Crippen LogP contribution in [0, 0.1) is 0 Å². The molecule has 2 aliphatic rings. The first-order chi connectivity index (χ1) is 13.8. The molecule has 2 aliphatic heterocycles. The average Bonchev–Trinajstić information content (AvgIpc) is 3.31. The molecule has 1 saturated heterocycles. The smallest absolute Gasteiger partial charge is 0.410 e. The van der Waals surface area contributed by atoms with E-state index in [1.54, 1.807) is 36.4 Å². The Balaban J connectivity index is 1.98. The van der Waals surface area contributed by atoms with Crippen molar-refractivity contribution in [2.75, 3.05) is 7.11 Å². The summed E-state index contributed by atoms with van der Waals surface area (Å²) in [7, 11) is -7.08. The topological polar surface area (TPSA) is 97.8 Å². The molecule has 0 aromatic heterocycles. The van der Waals surface area contributed by atoms with Crippen LogP contribution in [0.2, 0.25) is 0 Å². The molecule has 7 nitrogen and oxygen atoms in total. The normalized spacial score (nSPS) is 21.5. The maximum absolute atomic E-state index is 13.5. The van der Waals surface area contributed by atoms with Crippen molar-refractivity contribution in [1.29, 1.82) is 0 Å². The Kier molecular flexibility index (Phi) is 4.74. The third kappa shape index (κ3) is 2.96. The third-order valence-corrected chi connectivity index (χ3v) is 9.36. The molecule has 2 heterocycles. The Bertz CT molecular complexity index is 1100. The van der Waals surface area contributed by atoms with Gasteiger partial charge in [0, 0.05) is 0 Å². The largest absolute Gasteiger partial charge is 0.453 e. The molecule has 29 heavy (non-hydrogen) atoms. The van der Waals surface area contributed by atoms with E-state index in [1.807, 2.05) is 0 Å². The molecule has 2 aromatic rings. The molecule has 0 saturated carbocycles. The Morgan fingerprint density at radius 1 is 0.793 bits per heavy atom. The third-order valence-electron chi connectivity index (χ3n) is 5.30. The number of amides is 1. The number of carbonyl (C=O) groups excluding carboxylic acids is 1.